The largest absolute Gasteiger partial charge is 0.476 e. The summed E-state index contributed by atoms with van der Waals surface area (Å²) in [6.45, 7) is 4.52. The molecule has 78 valence electrons. The number of carboxylic acids is 1. The Kier molecular flexibility index (Phi) is 3.94. The summed E-state index contributed by atoms with van der Waals surface area (Å²) in [4.78, 5) is 10.6. The molecule has 0 amide bonds. The van der Waals surface area contributed by atoms with Crippen LogP contribution in [0.2, 0.25) is 0 Å². The maximum atomic E-state index is 10.6. The van der Waals surface area contributed by atoms with Crippen LogP contribution in [0.25, 0.3) is 0 Å². The number of hydrogen-bond acceptors (Lipinski definition) is 4. The lowest BCUT2D eigenvalue weighted by molar-refractivity contribution is 0.0689. The van der Waals surface area contributed by atoms with Crippen molar-refractivity contribution in [1.29, 1.82) is 0 Å². The maximum absolute atomic E-state index is 10.6. The number of aryl methyl sites for hydroxylation is 1. The second-order valence-corrected chi connectivity index (χ2v) is 4.14. The van der Waals surface area contributed by atoms with E-state index < -0.39 is 5.97 Å². The highest BCUT2D eigenvalue weighted by atomic mass is 32.2. The van der Waals surface area contributed by atoms with Gasteiger partial charge in [0.05, 0.1) is 12.2 Å². The van der Waals surface area contributed by atoms with Gasteiger partial charge in [-0.25, -0.2) is 9.48 Å². The molecule has 1 N–H and O–H groups in total. The molecule has 0 saturated heterocycles. The molecule has 0 aliphatic heterocycles. The van der Waals surface area contributed by atoms with E-state index in [9.17, 15) is 4.79 Å². The molecule has 0 aliphatic rings. The van der Waals surface area contributed by atoms with Crippen molar-refractivity contribution in [2.75, 3.05) is 11.5 Å². The Labute approximate surface area is 86.5 Å². The van der Waals surface area contributed by atoms with Gasteiger partial charge in [0.25, 0.3) is 0 Å². The molecule has 0 saturated carbocycles. The predicted molar refractivity (Wildman–Crippen MR) is 54.7 cm³/mol. The number of thioether (sulfide) groups is 1. The molecular weight excluding hydrogens is 202 g/mol. The van der Waals surface area contributed by atoms with E-state index in [1.54, 1.807) is 23.4 Å². The fraction of sp³-hybridized carbons (Fsp3) is 0.625. The van der Waals surface area contributed by atoms with Crippen molar-refractivity contribution in [1.82, 2.24) is 15.0 Å². The van der Waals surface area contributed by atoms with Gasteiger partial charge in [0.1, 0.15) is 0 Å². The van der Waals surface area contributed by atoms with E-state index >= 15 is 0 Å². The van der Waals surface area contributed by atoms with Gasteiger partial charge >= 0.3 is 5.97 Å². The Hall–Kier alpha value is -1.04. The molecule has 1 rings (SSSR count). The summed E-state index contributed by atoms with van der Waals surface area (Å²) in [5.41, 5.74) is 0.667. The van der Waals surface area contributed by atoms with E-state index in [1.165, 1.54) is 0 Å². The number of aromatic carboxylic acids is 1. The fourth-order valence-electron chi connectivity index (χ4n) is 1.07. The first-order chi connectivity index (χ1) is 6.66. The molecule has 5 nitrogen and oxygen atoms in total. The van der Waals surface area contributed by atoms with Crippen LogP contribution in [0.3, 0.4) is 0 Å². The van der Waals surface area contributed by atoms with Crippen molar-refractivity contribution in [3.8, 4) is 0 Å². The Bertz CT molecular complexity index is 324. The number of carbonyl (C=O) groups is 1. The highest BCUT2D eigenvalue weighted by Crippen LogP contribution is 2.05. The average molecular weight is 215 g/mol. The Morgan fingerprint density at radius 2 is 2.36 bits per heavy atom. The van der Waals surface area contributed by atoms with E-state index in [1.807, 2.05) is 0 Å². The zero-order valence-corrected chi connectivity index (χ0v) is 9.04. The van der Waals surface area contributed by atoms with E-state index in [-0.39, 0.29) is 5.69 Å². The van der Waals surface area contributed by atoms with Gasteiger partial charge < -0.3 is 5.11 Å². The summed E-state index contributed by atoms with van der Waals surface area (Å²) < 4.78 is 1.63. The second-order valence-electron chi connectivity index (χ2n) is 2.75. The standard InChI is InChI=1S/C8H13N3O2S/c1-3-14-5-4-11-6(2)7(8(12)13)9-10-11/h3-5H2,1-2H3,(H,12,13). The van der Waals surface area contributed by atoms with Crippen molar-refractivity contribution in [3.63, 3.8) is 0 Å². The molecule has 0 bridgehead atoms. The minimum Gasteiger partial charge on any atom is -0.476 e. The minimum atomic E-state index is -1.02. The fourth-order valence-corrected chi connectivity index (χ4v) is 1.66. The van der Waals surface area contributed by atoms with Crippen LogP contribution in [0, 0.1) is 6.92 Å². The Morgan fingerprint density at radius 1 is 1.64 bits per heavy atom. The van der Waals surface area contributed by atoms with Crippen molar-refractivity contribution in [2.24, 2.45) is 0 Å². The number of aromatic nitrogens is 3. The van der Waals surface area contributed by atoms with Crippen LogP contribution in [0.4, 0.5) is 0 Å². The van der Waals surface area contributed by atoms with Gasteiger partial charge in [-0.05, 0) is 12.7 Å². The molecule has 0 unspecified atom stereocenters. The first-order valence-corrected chi connectivity index (χ1v) is 5.53. The Balaban J connectivity index is 2.65. The number of carboxylic acid groups (broad SMARTS) is 1. The lowest BCUT2D eigenvalue weighted by atomic mass is 10.3. The summed E-state index contributed by atoms with van der Waals surface area (Å²) in [5, 5.41) is 16.1. The van der Waals surface area contributed by atoms with Gasteiger partial charge in [0.2, 0.25) is 0 Å². The van der Waals surface area contributed by atoms with Crippen molar-refractivity contribution in [3.05, 3.63) is 11.4 Å². The van der Waals surface area contributed by atoms with Crippen LogP contribution in [0.5, 0.6) is 0 Å². The highest BCUT2D eigenvalue weighted by molar-refractivity contribution is 7.99. The number of nitrogens with zero attached hydrogens (tertiary/aromatic N) is 3. The van der Waals surface area contributed by atoms with Gasteiger partial charge in [-0.15, -0.1) is 5.10 Å². The van der Waals surface area contributed by atoms with Crippen molar-refractivity contribution in [2.45, 2.75) is 20.4 Å². The molecule has 6 heteroatoms. The predicted octanol–water partition coefficient (Wildman–Crippen LogP) is 1.04. The summed E-state index contributed by atoms with van der Waals surface area (Å²) in [6.07, 6.45) is 0. The van der Waals surface area contributed by atoms with Gasteiger partial charge in [0, 0.05) is 5.75 Å². The molecule has 1 aromatic rings. The van der Waals surface area contributed by atoms with E-state index in [2.05, 4.69) is 17.2 Å². The first-order valence-electron chi connectivity index (χ1n) is 4.38. The molecular formula is C8H13N3O2S. The topological polar surface area (TPSA) is 68.0 Å². The lowest BCUT2D eigenvalue weighted by Gasteiger charge is -2.01. The monoisotopic (exact) mass is 215 g/mol. The molecule has 0 aliphatic carbocycles. The van der Waals surface area contributed by atoms with E-state index in [0.717, 1.165) is 11.5 Å². The minimum absolute atomic E-state index is 0.0477. The maximum Gasteiger partial charge on any atom is 0.358 e. The number of rotatable bonds is 5. The normalized spacial score (nSPS) is 10.4. The van der Waals surface area contributed by atoms with E-state index in [0.29, 0.717) is 12.2 Å². The molecule has 0 radical (unpaired) electrons. The first kappa shape index (κ1) is 11.0. The SMILES string of the molecule is CCSCCn1nnc(C(=O)O)c1C. The van der Waals surface area contributed by atoms with Gasteiger partial charge in [-0.2, -0.15) is 11.8 Å². The third-order valence-corrected chi connectivity index (χ3v) is 2.72. The summed E-state index contributed by atoms with van der Waals surface area (Å²) in [6, 6.07) is 0. The summed E-state index contributed by atoms with van der Waals surface area (Å²) in [7, 11) is 0. The van der Waals surface area contributed by atoms with Crippen LogP contribution in [-0.4, -0.2) is 37.6 Å². The molecule has 14 heavy (non-hydrogen) atoms. The quantitative estimate of drug-likeness (QED) is 0.743. The lowest BCUT2D eigenvalue weighted by Crippen LogP contribution is -2.06. The van der Waals surface area contributed by atoms with E-state index in [4.69, 9.17) is 5.11 Å². The molecule has 0 aromatic carbocycles. The van der Waals surface area contributed by atoms with Gasteiger partial charge in [-0.3, -0.25) is 0 Å². The highest BCUT2D eigenvalue weighted by Gasteiger charge is 2.14. The van der Waals surface area contributed by atoms with Crippen molar-refractivity contribution < 1.29 is 9.90 Å². The third kappa shape index (κ3) is 2.47. The second kappa shape index (κ2) is 4.99. The number of hydrogen-bond donors (Lipinski definition) is 1. The molecule has 1 aromatic heterocycles. The molecule has 1 heterocycles. The van der Waals surface area contributed by atoms with Crippen LogP contribution in [0.15, 0.2) is 0 Å². The van der Waals surface area contributed by atoms with Crippen LogP contribution < -0.4 is 0 Å². The van der Waals surface area contributed by atoms with Gasteiger partial charge in [-0.1, -0.05) is 12.1 Å². The molecule has 0 atom stereocenters. The van der Waals surface area contributed by atoms with Crippen LogP contribution >= 0.6 is 11.8 Å². The van der Waals surface area contributed by atoms with Crippen molar-refractivity contribution >= 4 is 17.7 Å². The summed E-state index contributed by atoms with van der Waals surface area (Å²) >= 11 is 1.79. The molecule has 0 spiro atoms. The summed E-state index contributed by atoms with van der Waals surface area (Å²) in [5.74, 6) is 0.969. The molecule has 0 fully saturated rings. The van der Waals surface area contributed by atoms with Gasteiger partial charge in [0.15, 0.2) is 5.69 Å². The van der Waals surface area contributed by atoms with Crippen LogP contribution in [-0.2, 0) is 6.54 Å². The smallest absolute Gasteiger partial charge is 0.358 e. The van der Waals surface area contributed by atoms with Crippen LogP contribution in [0.1, 0.15) is 23.1 Å². The third-order valence-electron chi connectivity index (χ3n) is 1.84. The Morgan fingerprint density at radius 3 is 2.86 bits per heavy atom. The zero-order valence-electron chi connectivity index (χ0n) is 8.23. The average Bonchev–Trinajstić information content (AvgIpc) is 2.48. The zero-order chi connectivity index (χ0) is 10.6.